The molecule has 0 bridgehead atoms. The number of amides is 1. The first-order valence-corrected chi connectivity index (χ1v) is 14.8. The SMILES string of the molecule is CC(C)c1ncsc1-n1c(=O)nc(N2CCN(C(=O)OC(C)(C)C)CC2C)c2cc(Cl)c(-c3c(O)cccc3F)nc21. The molecule has 222 valence electrons. The number of aromatic nitrogens is 4. The first-order valence-electron chi connectivity index (χ1n) is 13.6. The van der Waals surface area contributed by atoms with Gasteiger partial charge in [0.2, 0.25) is 0 Å². The second kappa shape index (κ2) is 11.1. The molecule has 1 atom stereocenters. The fraction of sp³-hybridized carbons (Fsp3) is 0.414. The summed E-state index contributed by atoms with van der Waals surface area (Å²) >= 11 is 7.97. The average molecular weight is 615 g/mol. The number of nitrogens with zero attached hydrogens (tertiary/aromatic N) is 6. The lowest BCUT2D eigenvalue weighted by Crippen LogP contribution is -2.55. The summed E-state index contributed by atoms with van der Waals surface area (Å²) in [7, 11) is 0. The van der Waals surface area contributed by atoms with Gasteiger partial charge >= 0.3 is 11.8 Å². The zero-order valence-electron chi connectivity index (χ0n) is 24.2. The lowest BCUT2D eigenvalue weighted by Gasteiger charge is -2.41. The van der Waals surface area contributed by atoms with E-state index >= 15 is 0 Å². The Morgan fingerprint density at radius 2 is 1.98 bits per heavy atom. The third kappa shape index (κ3) is 5.52. The molecule has 0 radical (unpaired) electrons. The number of piperazine rings is 1. The normalized spacial score (nSPS) is 16.0. The highest BCUT2D eigenvalue weighted by molar-refractivity contribution is 7.12. The summed E-state index contributed by atoms with van der Waals surface area (Å²) in [5.41, 5.74) is 1.12. The predicted octanol–water partition coefficient (Wildman–Crippen LogP) is 5.97. The van der Waals surface area contributed by atoms with Crippen LogP contribution in [0.25, 0.3) is 27.3 Å². The molecule has 5 rings (SSSR count). The average Bonchev–Trinajstić information content (AvgIpc) is 3.37. The smallest absolute Gasteiger partial charge is 0.410 e. The van der Waals surface area contributed by atoms with Gasteiger partial charge in [-0.1, -0.05) is 31.5 Å². The van der Waals surface area contributed by atoms with Gasteiger partial charge in [0.1, 0.15) is 28.0 Å². The minimum atomic E-state index is -0.709. The zero-order valence-corrected chi connectivity index (χ0v) is 25.8. The molecule has 0 saturated carbocycles. The van der Waals surface area contributed by atoms with Crippen LogP contribution in [0.4, 0.5) is 15.0 Å². The minimum Gasteiger partial charge on any atom is -0.507 e. The molecule has 4 aromatic rings. The number of hydrogen-bond donors (Lipinski definition) is 1. The van der Waals surface area contributed by atoms with Crippen LogP contribution in [-0.2, 0) is 4.74 Å². The summed E-state index contributed by atoms with van der Waals surface area (Å²) in [6.45, 7) is 12.4. The maximum Gasteiger partial charge on any atom is 0.410 e. The highest BCUT2D eigenvalue weighted by Gasteiger charge is 2.33. The number of halogens is 2. The Kier molecular flexibility index (Phi) is 7.88. The number of anilines is 1. The Labute approximate surface area is 251 Å². The summed E-state index contributed by atoms with van der Waals surface area (Å²) in [5, 5.41) is 11.6. The number of fused-ring (bicyclic) bond motifs is 1. The number of ether oxygens (including phenoxy) is 1. The second-order valence-electron chi connectivity index (χ2n) is 11.5. The van der Waals surface area contributed by atoms with E-state index in [0.717, 1.165) is 0 Å². The molecule has 10 nitrogen and oxygen atoms in total. The van der Waals surface area contributed by atoms with E-state index in [1.165, 1.54) is 34.1 Å². The molecule has 1 aliphatic rings. The Hall–Kier alpha value is -3.77. The first kappa shape index (κ1) is 29.7. The molecule has 1 aromatic carbocycles. The van der Waals surface area contributed by atoms with Gasteiger partial charge in [0.15, 0.2) is 5.65 Å². The third-order valence-corrected chi connectivity index (χ3v) is 8.02. The molecule has 42 heavy (non-hydrogen) atoms. The maximum atomic E-state index is 15.0. The summed E-state index contributed by atoms with van der Waals surface area (Å²) in [6, 6.07) is 5.28. The van der Waals surface area contributed by atoms with Crippen molar-refractivity contribution in [3.05, 3.63) is 56.8 Å². The molecule has 3 aromatic heterocycles. The number of hydrogen-bond acceptors (Lipinski definition) is 9. The van der Waals surface area contributed by atoms with Crippen LogP contribution in [0.3, 0.4) is 0 Å². The van der Waals surface area contributed by atoms with Gasteiger partial charge < -0.3 is 19.6 Å². The first-order chi connectivity index (χ1) is 19.8. The van der Waals surface area contributed by atoms with E-state index in [1.54, 1.807) is 16.5 Å². The molecular weight excluding hydrogens is 583 g/mol. The number of pyridine rings is 1. The molecule has 0 aliphatic carbocycles. The van der Waals surface area contributed by atoms with Gasteiger partial charge in [0, 0.05) is 25.7 Å². The Morgan fingerprint density at radius 3 is 2.62 bits per heavy atom. The van der Waals surface area contributed by atoms with Crippen molar-refractivity contribution in [1.82, 2.24) is 24.4 Å². The highest BCUT2D eigenvalue weighted by Crippen LogP contribution is 2.39. The molecule has 1 unspecified atom stereocenters. The van der Waals surface area contributed by atoms with E-state index in [1.807, 2.05) is 46.4 Å². The summed E-state index contributed by atoms with van der Waals surface area (Å²) in [4.78, 5) is 43.8. The largest absolute Gasteiger partial charge is 0.507 e. The van der Waals surface area contributed by atoms with Gasteiger partial charge in [-0.15, -0.1) is 11.3 Å². The van der Waals surface area contributed by atoms with Gasteiger partial charge in [-0.05, 0) is 51.8 Å². The fourth-order valence-electron chi connectivity index (χ4n) is 5.01. The van der Waals surface area contributed by atoms with Gasteiger partial charge in [0.05, 0.1) is 32.9 Å². The topological polar surface area (TPSA) is 114 Å². The number of thiazole rings is 1. The number of phenolic OH excluding ortho intramolecular Hbond substituents is 1. The molecule has 1 amide bonds. The van der Waals surface area contributed by atoms with E-state index in [-0.39, 0.29) is 39.6 Å². The van der Waals surface area contributed by atoms with E-state index in [0.29, 0.717) is 41.5 Å². The fourth-order valence-corrected chi connectivity index (χ4v) is 6.20. The van der Waals surface area contributed by atoms with Gasteiger partial charge in [-0.25, -0.2) is 28.5 Å². The van der Waals surface area contributed by atoms with Crippen molar-refractivity contribution < 1.29 is 19.0 Å². The van der Waals surface area contributed by atoms with Crippen LogP contribution in [0.5, 0.6) is 5.75 Å². The van der Waals surface area contributed by atoms with E-state index in [2.05, 4.69) is 9.97 Å². The molecule has 1 N–H and O–H groups in total. The van der Waals surface area contributed by atoms with Crippen LogP contribution < -0.4 is 10.6 Å². The predicted molar refractivity (Wildman–Crippen MR) is 162 cm³/mol. The number of benzene rings is 1. The number of carbonyl (C=O) groups is 1. The maximum absolute atomic E-state index is 15.0. The lowest BCUT2D eigenvalue weighted by molar-refractivity contribution is 0.0218. The minimum absolute atomic E-state index is 0.00351. The van der Waals surface area contributed by atoms with Crippen molar-refractivity contribution >= 4 is 45.9 Å². The molecule has 1 aliphatic heterocycles. The van der Waals surface area contributed by atoms with E-state index in [9.17, 15) is 19.1 Å². The van der Waals surface area contributed by atoms with Crippen molar-refractivity contribution in [2.45, 2.75) is 59.1 Å². The Bertz CT molecular complexity index is 1710. The van der Waals surface area contributed by atoms with Crippen LogP contribution in [-0.4, -0.2) is 66.9 Å². The number of phenols is 1. The monoisotopic (exact) mass is 614 g/mol. The molecule has 1 saturated heterocycles. The number of aromatic hydroxyl groups is 1. The molecule has 13 heteroatoms. The van der Waals surface area contributed by atoms with E-state index in [4.69, 9.17) is 21.3 Å². The standard InChI is InChI=1S/C29H32ClFN6O4S/c1-15(2)22-26(42-14-32-22)37-25-17(12-18(30)23(33-25)21-19(31)8-7-9-20(21)38)24(34-27(37)39)36-11-10-35(13-16(36)3)28(40)41-29(4,5)6/h7-9,12,14-16,38H,10-11,13H2,1-6H3. The van der Waals surface area contributed by atoms with Gasteiger partial charge in [0.25, 0.3) is 0 Å². The van der Waals surface area contributed by atoms with E-state index < -0.39 is 23.2 Å². The van der Waals surface area contributed by atoms with Gasteiger partial charge in [-0.3, -0.25) is 0 Å². The zero-order chi connectivity index (χ0) is 30.5. The van der Waals surface area contributed by atoms with Crippen LogP contribution >= 0.6 is 22.9 Å². The van der Waals surface area contributed by atoms with Crippen LogP contribution in [0.2, 0.25) is 5.02 Å². The lowest BCUT2D eigenvalue weighted by atomic mass is 10.1. The van der Waals surface area contributed by atoms with Crippen molar-refractivity contribution in [2.75, 3.05) is 24.5 Å². The van der Waals surface area contributed by atoms with Crippen molar-refractivity contribution in [1.29, 1.82) is 0 Å². The molecule has 1 fully saturated rings. The van der Waals surface area contributed by atoms with Crippen molar-refractivity contribution in [3.63, 3.8) is 0 Å². The van der Waals surface area contributed by atoms with Crippen molar-refractivity contribution in [2.24, 2.45) is 0 Å². The molecule has 0 spiro atoms. The summed E-state index contributed by atoms with van der Waals surface area (Å²) in [5.74, 6) is -0.702. The Balaban J connectivity index is 1.69. The van der Waals surface area contributed by atoms with Crippen LogP contribution in [0.1, 0.15) is 53.2 Å². The van der Waals surface area contributed by atoms with Crippen LogP contribution in [0, 0.1) is 5.82 Å². The third-order valence-electron chi connectivity index (χ3n) is 6.91. The number of rotatable bonds is 4. The number of carbonyl (C=O) groups excluding carboxylic acids is 1. The molecular formula is C29H32ClFN6O4S. The van der Waals surface area contributed by atoms with Gasteiger partial charge in [-0.2, -0.15) is 4.98 Å². The quantitative estimate of drug-likeness (QED) is 0.299. The van der Waals surface area contributed by atoms with Crippen molar-refractivity contribution in [3.8, 4) is 22.0 Å². The molecule has 4 heterocycles. The summed E-state index contributed by atoms with van der Waals surface area (Å²) in [6.07, 6.45) is -0.410. The summed E-state index contributed by atoms with van der Waals surface area (Å²) < 4.78 is 21.9. The highest BCUT2D eigenvalue weighted by atomic mass is 35.5. The van der Waals surface area contributed by atoms with Crippen LogP contribution in [0.15, 0.2) is 34.6 Å². The second-order valence-corrected chi connectivity index (χ2v) is 12.8. The Morgan fingerprint density at radius 1 is 1.24 bits per heavy atom.